The second-order valence-electron chi connectivity index (χ2n) is 6.37. The SMILES string of the molecule is C[C@@H]1CN(C(=O)OC(C)(C)C)CCN1c1cn[nH]c(=O)c1Br. The van der Waals surface area contributed by atoms with Gasteiger partial charge < -0.3 is 14.5 Å². The van der Waals surface area contributed by atoms with Crippen molar-refractivity contribution in [2.24, 2.45) is 0 Å². The molecule has 0 aliphatic carbocycles. The van der Waals surface area contributed by atoms with E-state index in [4.69, 9.17) is 4.74 Å². The van der Waals surface area contributed by atoms with Gasteiger partial charge in [0.05, 0.1) is 11.9 Å². The first-order chi connectivity index (χ1) is 10.2. The van der Waals surface area contributed by atoms with Gasteiger partial charge in [-0.3, -0.25) is 4.79 Å². The molecule has 1 atom stereocenters. The molecule has 0 unspecified atom stereocenters. The van der Waals surface area contributed by atoms with Crippen LogP contribution in [0.2, 0.25) is 0 Å². The van der Waals surface area contributed by atoms with E-state index in [0.29, 0.717) is 24.1 Å². The molecule has 122 valence electrons. The second kappa shape index (κ2) is 6.28. The van der Waals surface area contributed by atoms with E-state index in [1.54, 1.807) is 11.1 Å². The molecule has 1 N–H and O–H groups in total. The van der Waals surface area contributed by atoms with Crippen molar-refractivity contribution >= 4 is 27.7 Å². The number of hydrogen-bond acceptors (Lipinski definition) is 5. The molecule has 8 heteroatoms. The molecule has 1 aliphatic rings. The number of halogens is 1. The number of ether oxygens (including phenoxy) is 1. The maximum atomic E-state index is 12.1. The number of aromatic amines is 1. The molecule has 1 saturated heterocycles. The Kier molecular flexibility index (Phi) is 4.79. The molecule has 0 bridgehead atoms. The predicted octanol–water partition coefficient (Wildman–Crippen LogP) is 1.98. The van der Waals surface area contributed by atoms with Crippen LogP contribution in [0.1, 0.15) is 27.7 Å². The van der Waals surface area contributed by atoms with Crippen molar-refractivity contribution in [1.82, 2.24) is 15.1 Å². The van der Waals surface area contributed by atoms with Crippen LogP contribution in [0.25, 0.3) is 0 Å². The maximum absolute atomic E-state index is 12.1. The Hall–Kier alpha value is -1.57. The van der Waals surface area contributed by atoms with Gasteiger partial charge in [0.1, 0.15) is 10.1 Å². The number of nitrogens with zero attached hydrogens (tertiary/aromatic N) is 3. The average molecular weight is 373 g/mol. The van der Waals surface area contributed by atoms with Gasteiger partial charge in [-0.1, -0.05) is 0 Å². The van der Waals surface area contributed by atoms with Crippen LogP contribution < -0.4 is 10.5 Å². The summed E-state index contributed by atoms with van der Waals surface area (Å²) in [6.07, 6.45) is 1.31. The molecule has 22 heavy (non-hydrogen) atoms. The number of H-pyrrole nitrogens is 1. The lowest BCUT2D eigenvalue weighted by atomic mass is 10.1. The Bertz CT molecular complexity index is 611. The van der Waals surface area contributed by atoms with E-state index in [-0.39, 0.29) is 17.7 Å². The Morgan fingerprint density at radius 2 is 2.14 bits per heavy atom. The number of anilines is 1. The largest absolute Gasteiger partial charge is 0.444 e. The van der Waals surface area contributed by atoms with Crippen molar-refractivity contribution in [2.45, 2.75) is 39.3 Å². The Morgan fingerprint density at radius 1 is 1.45 bits per heavy atom. The summed E-state index contributed by atoms with van der Waals surface area (Å²) in [4.78, 5) is 27.5. The number of rotatable bonds is 1. The molecular weight excluding hydrogens is 352 g/mol. The van der Waals surface area contributed by atoms with Crippen LogP contribution in [0.15, 0.2) is 15.5 Å². The highest BCUT2D eigenvalue weighted by Gasteiger charge is 2.31. The van der Waals surface area contributed by atoms with Crippen LogP contribution in [0, 0.1) is 0 Å². The highest BCUT2D eigenvalue weighted by molar-refractivity contribution is 9.10. The highest BCUT2D eigenvalue weighted by atomic mass is 79.9. The lowest BCUT2D eigenvalue weighted by Crippen LogP contribution is -2.55. The van der Waals surface area contributed by atoms with Gasteiger partial charge in [0.25, 0.3) is 5.56 Å². The number of aromatic nitrogens is 2. The maximum Gasteiger partial charge on any atom is 0.410 e. The molecule has 1 amide bonds. The molecule has 0 spiro atoms. The van der Waals surface area contributed by atoms with E-state index in [1.807, 2.05) is 27.7 Å². The van der Waals surface area contributed by atoms with Crippen LogP contribution in [0.5, 0.6) is 0 Å². The van der Waals surface area contributed by atoms with Crippen LogP contribution in [0.4, 0.5) is 10.5 Å². The zero-order valence-electron chi connectivity index (χ0n) is 13.2. The quantitative estimate of drug-likeness (QED) is 0.815. The van der Waals surface area contributed by atoms with Crippen molar-refractivity contribution in [3.63, 3.8) is 0 Å². The number of carbonyl (C=O) groups is 1. The smallest absolute Gasteiger partial charge is 0.410 e. The van der Waals surface area contributed by atoms with E-state index >= 15 is 0 Å². The summed E-state index contributed by atoms with van der Waals surface area (Å²) in [6, 6.07) is 0.0566. The minimum atomic E-state index is -0.503. The number of hydrogen-bond donors (Lipinski definition) is 1. The van der Waals surface area contributed by atoms with Crippen LogP contribution in [-0.4, -0.2) is 52.5 Å². The topological polar surface area (TPSA) is 78.5 Å². The van der Waals surface area contributed by atoms with Gasteiger partial charge in [-0.2, -0.15) is 5.10 Å². The fourth-order valence-electron chi connectivity index (χ4n) is 2.38. The van der Waals surface area contributed by atoms with E-state index in [2.05, 4.69) is 31.0 Å². The Labute approximate surface area is 137 Å². The fraction of sp³-hybridized carbons (Fsp3) is 0.643. The Balaban J connectivity index is 2.09. The van der Waals surface area contributed by atoms with Crippen LogP contribution >= 0.6 is 15.9 Å². The fourth-order valence-corrected chi connectivity index (χ4v) is 2.80. The van der Waals surface area contributed by atoms with Gasteiger partial charge in [0.2, 0.25) is 0 Å². The third-order valence-corrected chi connectivity index (χ3v) is 4.13. The highest BCUT2D eigenvalue weighted by Crippen LogP contribution is 2.25. The van der Waals surface area contributed by atoms with Gasteiger partial charge >= 0.3 is 6.09 Å². The molecule has 1 fully saturated rings. The van der Waals surface area contributed by atoms with Crippen LogP contribution in [-0.2, 0) is 4.74 Å². The number of piperazine rings is 1. The normalized spacial score (nSPS) is 19.2. The zero-order valence-corrected chi connectivity index (χ0v) is 14.8. The third kappa shape index (κ3) is 3.79. The van der Waals surface area contributed by atoms with Crippen molar-refractivity contribution in [3.05, 3.63) is 21.0 Å². The molecular formula is C14H21BrN4O3. The minimum Gasteiger partial charge on any atom is -0.444 e. The van der Waals surface area contributed by atoms with E-state index < -0.39 is 5.60 Å². The summed E-state index contributed by atoms with van der Waals surface area (Å²) in [6.45, 7) is 9.25. The van der Waals surface area contributed by atoms with Crippen molar-refractivity contribution in [2.75, 3.05) is 24.5 Å². The first-order valence-corrected chi connectivity index (χ1v) is 7.96. The monoisotopic (exact) mass is 372 g/mol. The Morgan fingerprint density at radius 3 is 2.73 bits per heavy atom. The molecule has 1 aliphatic heterocycles. The van der Waals surface area contributed by atoms with Gasteiger partial charge in [0, 0.05) is 25.7 Å². The van der Waals surface area contributed by atoms with Gasteiger partial charge in [-0.05, 0) is 43.6 Å². The van der Waals surface area contributed by atoms with Gasteiger partial charge in [-0.15, -0.1) is 0 Å². The summed E-state index contributed by atoms with van der Waals surface area (Å²) in [5.74, 6) is 0. The number of nitrogens with one attached hydrogen (secondary N) is 1. The molecule has 0 aromatic carbocycles. The molecule has 2 rings (SSSR count). The molecule has 0 saturated carbocycles. The summed E-state index contributed by atoms with van der Waals surface area (Å²) in [5.41, 5.74) is -0.0312. The minimum absolute atomic E-state index is 0.0566. The number of carbonyl (C=O) groups excluding carboxylic acids is 1. The standard InChI is InChI=1S/C14H21BrN4O3/c1-9-8-18(13(21)22-14(2,3)4)5-6-19(9)10-7-16-17-12(20)11(10)15/h7,9H,5-6,8H2,1-4H3,(H,17,20)/t9-/m1/s1. The van der Waals surface area contributed by atoms with Gasteiger partial charge in [-0.25, -0.2) is 9.89 Å². The van der Waals surface area contributed by atoms with Crippen LogP contribution in [0.3, 0.4) is 0 Å². The predicted molar refractivity (Wildman–Crippen MR) is 87.2 cm³/mol. The average Bonchev–Trinajstić information content (AvgIpc) is 2.40. The third-order valence-electron chi connectivity index (χ3n) is 3.37. The van der Waals surface area contributed by atoms with Crippen molar-refractivity contribution < 1.29 is 9.53 Å². The van der Waals surface area contributed by atoms with E-state index in [1.165, 1.54) is 0 Å². The summed E-state index contributed by atoms with van der Waals surface area (Å²) >= 11 is 3.30. The zero-order chi connectivity index (χ0) is 16.5. The van der Waals surface area contributed by atoms with E-state index in [0.717, 1.165) is 5.69 Å². The number of amides is 1. The summed E-state index contributed by atoms with van der Waals surface area (Å²) < 4.78 is 5.86. The van der Waals surface area contributed by atoms with Gasteiger partial charge in [0.15, 0.2) is 0 Å². The first-order valence-electron chi connectivity index (χ1n) is 7.17. The van der Waals surface area contributed by atoms with E-state index in [9.17, 15) is 9.59 Å². The first kappa shape index (κ1) is 16.8. The van der Waals surface area contributed by atoms with Crippen molar-refractivity contribution in [3.8, 4) is 0 Å². The summed E-state index contributed by atoms with van der Waals surface area (Å²) in [5, 5.41) is 6.23. The second-order valence-corrected chi connectivity index (χ2v) is 7.16. The lowest BCUT2D eigenvalue weighted by Gasteiger charge is -2.41. The lowest BCUT2D eigenvalue weighted by molar-refractivity contribution is 0.0218. The molecule has 0 radical (unpaired) electrons. The molecule has 1 aromatic heterocycles. The molecule has 2 heterocycles. The van der Waals surface area contributed by atoms with Crippen molar-refractivity contribution in [1.29, 1.82) is 0 Å². The molecule has 7 nitrogen and oxygen atoms in total. The summed E-state index contributed by atoms with van der Waals surface area (Å²) in [7, 11) is 0. The molecule has 1 aromatic rings.